The second kappa shape index (κ2) is 8.08. The molecule has 0 aliphatic carbocycles. The van der Waals surface area contributed by atoms with Crippen LogP contribution in [0.3, 0.4) is 0 Å². The molecule has 3 aromatic carbocycles. The van der Waals surface area contributed by atoms with Gasteiger partial charge in [-0.1, -0.05) is 46.9 Å². The molecule has 0 atom stereocenters. The van der Waals surface area contributed by atoms with Gasteiger partial charge in [0, 0.05) is 27.4 Å². The first-order valence-corrected chi connectivity index (χ1v) is 11.9. The minimum atomic E-state index is -3.29. The van der Waals surface area contributed by atoms with Crippen LogP contribution in [-0.4, -0.2) is 24.5 Å². The van der Waals surface area contributed by atoms with E-state index in [1.165, 1.54) is 6.26 Å². The summed E-state index contributed by atoms with van der Waals surface area (Å²) in [6.45, 7) is 0. The average Bonchev–Trinajstić information content (AvgIpc) is 3.13. The van der Waals surface area contributed by atoms with E-state index in [0.29, 0.717) is 26.4 Å². The quantitative estimate of drug-likeness (QED) is 0.334. The van der Waals surface area contributed by atoms with Crippen LogP contribution in [-0.2, 0) is 9.84 Å². The molecule has 0 N–H and O–H groups in total. The number of sulfone groups is 1. The molecule has 0 saturated heterocycles. The van der Waals surface area contributed by atoms with Gasteiger partial charge < -0.3 is 0 Å². The summed E-state index contributed by atoms with van der Waals surface area (Å²) in [5.74, 6) is 0. The number of benzene rings is 3. The Kier molecular flexibility index (Phi) is 5.64. The Labute approximate surface area is 189 Å². The summed E-state index contributed by atoms with van der Waals surface area (Å²) in [6, 6.07) is 21.1. The van der Waals surface area contributed by atoms with Crippen molar-refractivity contribution in [3.05, 3.63) is 87.9 Å². The van der Waals surface area contributed by atoms with Crippen LogP contribution < -0.4 is 0 Å². The Morgan fingerprint density at radius 3 is 2.03 bits per heavy atom. The zero-order valence-electron chi connectivity index (χ0n) is 15.7. The minimum absolute atomic E-state index is 0.243. The van der Waals surface area contributed by atoms with E-state index in [0.717, 1.165) is 16.8 Å². The van der Waals surface area contributed by atoms with Gasteiger partial charge in [-0.2, -0.15) is 5.10 Å². The highest BCUT2D eigenvalue weighted by atomic mass is 35.5. The van der Waals surface area contributed by atoms with Gasteiger partial charge in [-0.3, -0.25) is 0 Å². The standard InChI is InChI=1S/C22H15Cl3N2O2S/c1-30(28,29)18-9-7-17(8-10-18)27-22(14-2-4-15(23)5-3-14)13-21(26-27)19-11-6-16(24)12-20(19)25/h2-13H,1H3. The Bertz CT molecular complexity index is 1330. The molecule has 30 heavy (non-hydrogen) atoms. The summed E-state index contributed by atoms with van der Waals surface area (Å²) < 4.78 is 25.3. The van der Waals surface area contributed by atoms with E-state index < -0.39 is 9.84 Å². The molecule has 0 spiro atoms. The third-order valence-corrected chi connectivity index (χ3v) is 6.49. The van der Waals surface area contributed by atoms with Crippen molar-refractivity contribution in [1.82, 2.24) is 9.78 Å². The third-order valence-electron chi connectivity index (χ3n) is 4.57. The van der Waals surface area contributed by atoms with Gasteiger partial charge in [0.1, 0.15) is 0 Å². The van der Waals surface area contributed by atoms with Gasteiger partial charge in [-0.15, -0.1) is 0 Å². The summed E-state index contributed by atoms with van der Waals surface area (Å²) in [5, 5.41) is 6.39. The van der Waals surface area contributed by atoms with Crippen molar-refractivity contribution < 1.29 is 8.42 Å². The van der Waals surface area contributed by atoms with Crippen LogP contribution >= 0.6 is 34.8 Å². The zero-order valence-corrected chi connectivity index (χ0v) is 18.8. The number of hydrogen-bond donors (Lipinski definition) is 0. The normalized spacial score (nSPS) is 11.6. The number of aromatic nitrogens is 2. The van der Waals surface area contributed by atoms with Gasteiger partial charge in [0.05, 0.1) is 27.0 Å². The largest absolute Gasteiger partial charge is 0.232 e. The van der Waals surface area contributed by atoms with Gasteiger partial charge in [-0.25, -0.2) is 13.1 Å². The maximum absolute atomic E-state index is 11.8. The minimum Gasteiger partial charge on any atom is -0.232 e. The number of nitrogens with zero attached hydrogens (tertiary/aromatic N) is 2. The zero-order chi connectivity index (χ0) is 21.5. The highest BCUT2D eigenvalue weighted by molar-refractivity contribution is 7.90. The van der Waals surface area contributed by atoms with E-state index >= 15 is 0 Å². The van der Waals surface area contributed by atoms with Crippen LogP contribution in [0.5, 0.6) is 0 Å². The number of halogens is 3. The van der Waals surface area contributed by atoms with E-state index in [4.69, 9.17) is 39.9 Å². The predicted molar refractivity (Wildman–Crippen MR) is 123 cm³/mol. The van der Waals surface area contributed by atoms with Gasteiger partial charge in [0.25, 0.3) is 0 Å². The Balaban J connectivity index is 1.89. The van der Waals surface area contributed by atoms with Crippen molar-refractivity contribution in [2.75, 3.05) is 6.26 Å². The molecule has 1 heterocycles. The number of hydrogen-bond acceptors (Lipinski definition) is 3. The van der Waals surface area contributed by atoms with E-state index in [1.54, 1.807) is 53.2 Å². The molecule has 8 heteroatoms. The van der Waals surface area contributed by atoms with Crippen LogP contribution in [0.1, 0.15) is 0 Å². The maximum Gasteiger partial charge on any atom is 0.175 e. The van der Waals surface area contributed by atoms with E-state index in [1.807, 2.05) is 24.3 Å². The molecule has 0 amide bonds. The van der Waals surface area contributed by atoms with Crippen LogP contribution in [0, 0.1) is 0 Å². The van der Waals surface area contributed by atoms with E-state index in [2.05, 4.69) is 0 Å². The van der Waals surface area contributed by atoms with Crippen molar-refractivity contribution in [2.24, 2.45) is 0 Å². The second-order valence-electron chi connectivity index (χ2n) is 6.72. The first kappa shape index (κ1) is 20.9. The smallest absolute Gasteiger partial charge is 0.175 e. The summed E-state index contributed by atoms with van der Waals surface area (Å²) in [7, 11) is -3.29. The third kappa shape index (κ3) is 4.25. The molecule has 0 radical (unpaired) electrons. The molecule has 0 unspecified atom stereocenters. The lowest BCUT2D eigenvalue weighted by molar-refractivity contribution is 0.602. The maximum atomic E-state index is 11.8. The first-order valence-electron chi connectivity index (χ1n) is 8.84. The topological polar surface area (TPSA) is 52.0 Å². The molecule has 0 bridgehead atoms. The highest BCUT2D eigenvalue weighted by Gasteiger charge is 2.16. The molecule has 4 nitrogen and oxygen atoms in total. The lowest BCUT2D eigenvalue weighted by Crippen LogP contribution is -2.01. The van der Waals surface area contributed by atoms with Crippen LogP contribution in [0.25, 0.3) is 28.2 Å². The summed E-state index contributed by atoms with van der Waals surface area (Å²) in [6.07, 6.45) is 1.18. The lowest BCUT2D eigenvalue weighted by Gasteiger charge is -2.08. The van der Waals surface area contributed by atoms with Crippen molar-refractivity contribution >= 4 is 44.6 Å². The predicted octanol–water partition coefficient (Wildman–Crippen LogP) is 6.57. The summed E-state index contributed by atoms with van der Waals surface area (Å²) in [4.78, 5) is 0.243. The number of rotatable bonds is 4. The molecule has 0 fully saturated rings. The Morgan fingerprint density at radius 2 is 1.43 bits per heavy atom. The van der Waals surface area contributed by atoms with Crippen molar-refractivity contribution in [3.8, 4) is 28.2 Å². The van der Waals surface area contributed by atoms with Gasteiger partial charge in [-0.05, 0) is 60.7 Å². The van der Waals surface area contributed by atoms with Gasteiger partial charge in [0.15, 0.2) is 9.84 Å². The molecule has 4 aromatic rings. The highest BCUT2D eigenvalue weighted by Crippen LogP contribution is 2.34. The molecule has 4 rings (SSSR count). The molecule has 0 aliphatic rings. The summed E-state index contributed by atoms with van der Waals surface area (Å²) in [5.41, 5.74) is 3.82. The monoisotopic (exact) mass is 476 g/mol. The average molecular weight is 478 g/mol. The SMILES string of the molecule is CS(=O)(=O)c1ccc(-n2nc(-c3ccc(Cl)cc3Cl)cc2-c2ccc(Cl)cc2)cc1. The van der Waals surface area contributed by atoms with Crippen LogP contribution in [0.4, 0.5) is 0 Å². The van der Waals surface area contributed by atoms with Gasteiger partial charge >= 0.3 is 0 Å². The Morgan fingerprint density at radius 1 is 0.800 bits per heavy atom. The second-order valence-corrected chi connectivity index (χ2v) is 10.0. The molecule has 0 aliphatic heterocycles. The summed E-state index contributed by atoms with van der Waals surface area (Å²) >= 11 is 18.5. The van der Waals surface area contributed by atoms with Crippen molar-refractivity contribution in [2.45, 2.75) is 4.90 Å². The molecule has 152 valence electrons. The van der Waals surface area contributed by atoms with E-state index in [9.17, 15) is 8.42 Å². The fraction of sp³-hybridized carbons (Fsp3) is 0.0455. The molecular formula is C22H15Cl3N2O2S. The van der Waals surface area contributed by atoms with Crippen molar-refractivity contribution in [3.63, 3.8) is 0 Å². The van der Waals surface area contributed by atoms with Crippen LogP contribution in [0.15, 0.2) is 77.7 Å². The molecular weight excluding hydrogens is 463 g/mol. The fourth-order valence-electron chi connectivity index (χ4n) is 3.07. The molecule has 1 aromatic heterocycles. The van der Waals surface area contributed by atoms with Crippen LogP contribution in [0.2, 0.25) is 15.1 Å². The van der Waals surface area contributed by atoms with Crippen molar-refractivity contribution in [1.29, 1.82) is 0 Å². The van der Waals surface area contributed by atoms with E-state index in [-0.39, 0.29) is 4.90 Å². The first-order chi connectivity index (χ1) is 14.2. The fourth-order valence-corrected chi connectivity index (χ4v) is 4.33. The van der Waals surface area contributed by atoms with Gasteiger partial charge in [0.2, 0.25) is 0 Å². The Hall–Kier alpha value is -2.31. The lowest BCUT2D eigenvalue weighted by atomic mass is 10.1. The molecule has 0 saturated carbocycles.